The SMILES string of the molecule is O=C(CCn1cnc2ccc(Br)cc2c1=O)NNC(=O)C1CC1. The maximum atomic E-state index is 12.4. The van der Waals surface area contributed by atoms with Gasteiger partial charge in [-0.05, 0) is 31.0 Å². The van der Waals surface area contributed by atoms with E-state index in [4.69, 9.17) is 0 Å². The van der Waals surface area contributed by atoms with E-state index in [-0.39, 0.29) is 36.3 Å². The molecule has 120 valence electrons. The van der Waals surface area contributed by atoms with Gasteiger partial charge in [0, 0.05) is 23.4 Å². The zero-order valence-corrected chi connectivity index (χ0v) is 13.8. The lowest BCUT2D eigenvalue weighted by Gasteiger charge is -2.08. The summed E-state index contributed by atoms with van der Waals surface area (Å²) in [6.07, 6.45) is 3.24. The molecule has 0 bridgehead atoms. The molecule has 2 amide bonds. The number of carbonyl (C=O) groups excluding carboxylic acids is 2. The topological polar surface area (TPSA) is 93.1 Å². The Kier molecular flexibility index (Phi) is 4.42. The van der Waals surface area contributed by atoms with Crippen LogP contribution in [-0.4, -0.2) is 21.4 Å². The van der Waals surface area contributed by atoms with E-state index >= 15 is 0 Å². The van der Waals surface area contributed by atoms with Gasteiger partial charge in [0.1, 0.15) is 0 Å². The van der Waals surface area contributed by atoms with E-state index in [0.29, 0.717) is 10.9 Å². The average molecular weight is 379 g/mol. The van der Waals surface area contributed by atoms with Crippen LogP contribution in [0.2, 0.25) is 0 Å². The minimum atomic E-state index is -0.347. The Morgan fingerprint density at radius 3 is 2.83 bits per heavy atom. The maximum absolute atomic E-state index is 12.4. The minimum absolute atomic E-state index is 0.0288. The van der Waals surface area contributed by atoms with E-state index in [0.717, 1.165) is 17.3 Å². The van der Waals surface area contributed by atoms with Gasteiger partial charge in [-0.1, -0.05) is 15.9 Å². The highest BCUT2D eigenvalue weighted by Gasteiger charge is 2.29. The van der Waals surface area contributed by atoms with Crippen LogP contribution in [-0.2, 0) is 16.1 Å². The quantitative estimate of drug-likeness (QED) is 0.779. The highest BCUT2D eigenvalue weighted by molar-refractivity contribution is 9.10. The number of aromatic nitrogens is 2. The molecule has 1 aliphatic carbocycles. The van der Waals surface area contributed by atoms with Crippen LogP contribution < -0.4 is 16.4 Å². The second-order valence-corrected chi connectivity index (χ2v) is 6.38. The number of rotatable bonds is 4. The molecule has 3 rings (SSSR count). The number of hydrogen-bond donors (Lipinski definition) is 2. The monoisotopic (exact) mass is 378 g/mol. The lowest BCUT2D eigenvalue weighted by atomic mass is 10.2. The van der Waals surface area contributed by atoms with Crippen molar-refractivity contribution in [2.45, 2.75) is 25.8 Å². The number of hydrazine groups is 1. The van der Waals surface area contributed by atoms with Crippen molar-refractivity contribution in [1.29, 1.82) is 0 Å². The summed E-state index contributed by atoms with van der Waals surface area (Å²) < 4.78 is 2.18. The van der Waals surface area contributed by atoms with Crippen LogP contribution in [0, 0.1) is 5.92 Å². The third-order valence-corrected chi connectivity index (χ3v) is 4.13. The number of benzene rings is 1. The fourth-order valence-corrected chi connectivity index (χ4v) is 2.51. The fraction of sp³-hybridized carbons (Fsp3) is 0.333. The van der Waals surface area contributed by atoms with Crippen molar-refractivity contribution in [3.05, 3.63) is 39.4 Å². The first-order valence-corrected chi connectivity index (χ1v) is 8.07. The highest BCUT2D eigenvalue weighted by atomic mass is 79.9. The van der Waals surface area contributed by atoms with Crippen molar-refractivity contribution in [3.8, 4) is 0 Å². The molecule has 0 atom stereocenters. The standard InChI is InChI=1S/C15H15BrN4O3/c16-10-3-4-12-11(7-10)15(23)20(8-17-12)6-5-13(21)18-19-14(22)9-1-2-9/h3-4,7-9H,1-2,5-6H2,(H,18,21)(H,19,22). The van der Waals surface area contributed by atoms with Crippen LogP contribution in [0.4, 0.5) is 0 Å². The van der Waals surface area contributed by atoms with Crippen molar-refractivity contribution in [2.24, 2.45) is 5.92 Å². The van der Waals surface area contributed by atoms with Crippen LogP contribution in [0.5, 0.6) is 0 Å². The van der Waals surface area contributed by atoms with E-state index in [9.17, 15) is 14.4 Å². The summed E-state index contributed by atoms with van der Waals surface area (Å²) >= 11 is 3.32. The first-order chi connectivity index (χ1) is 11.0. The summed E-state index contributed by atoms with van der Waals surface area (Å²) in [5.41, 5.74) is 5.15. The second kappa shape index (κ2) is 6.49. The lowest BCUT2D eigenvalue weighted by Crippen LogP contribution is -2.42. The molecule has 1 heterocycles. The molecule has 23 heavy (non-hydrogen) atoms. The number of nitrogens with one attached hydrogen (secondary N) is 2. The van der Waals surface area contributed by atoms with Crippen LogP contribution >= 0.6 is 15.9 Å². The Morgan fingerprint density at radius 1 is 1.30 bits per heavy atom. The van der Waals surface area contributed by atoms with E-state index in [2.05, 4.69) is 31.8 Å². The van der Waals surface area contributed by atoms with Gasteiger partial charge in [-0.3, -0.25) is 29.8 Å². The fourth-order valence-electron chi connectivity index (χ4n) is 2.15. The van der Waals surface area contributed by atoms with Crippen molar-refractivity contribution < 1.29 is 9.59 Å². The number of hydrogen-bond acceptors (Lipinski definition) is 4. The zero-order chi connectivity index (χ0) is 16.4. The van der Waals surface area contributed by atoms with Gasteiger partial charge in [0.05, 0.1) is 17.2 Å². The summed E-state index contributed by atoms with van der Waals surface area (Å²) in [5, 5.41) is 0.490. The van der Waals surface area contributed by atoms with Gasteiger partial charge >= 0.3 is 0 Å². The molecule has 0 spiro atoms. The van der Waals surface area contributed by atoms with Gasteiger partial charge in [0.2, 0.25) is 11.8 Å². The summed E-state index contributed by atoms with van der Waals surface area (Å²) in [6.45, 7) is 0.194. The number of fused-ring (bicyclic) bond motifs is 1. The molecule has 0 saturated heterocycles. The molecular formula is C15H15BrN4O3. The van der Waals surface area contributed by atoms with E-state index in [1.54, 1.807) is 12.1 Å². The van der Waals surface area contributed by atoms with Crippen molar-refractivity contribution in [3.63, 3.8) is 0 Å². The van der Waals surface area contributed by atoms with Gasteiger partial charge in [0.25, 0.3) is 5.56 Å². The lowest BCUT2D eigenvalue weighted by molar-refractivity contribution is -0.129. The van der Waals surface area contributed by atoms with Crippen LogP contribution in [0.1, 0.15) is 19.3 Å². The molecule has 0 unspecified atom stereocenters. The molecule has 0 radical (unpaired) electrons. The normalized spacial score (nSPS) is 13.8. The van der Waals surface area contributed by atoms with E-state index in [1.165, 1.54) is 10.9 Å². The number of halogens is 1. The summed E-state index contributed by atoms with van der Waals surface area (Å²) in [5.74, 6) is -0.478. The van der Waals surface area contributed by atoms with Crippen molar-refractivity contribution >= 4 is 38.6 Å². The third-order valence-electron chi connectivity index (χ3n) is 3.64. The Balaban J connectivity index is 1.62. The molecule has 1 saturated carbocycles. The largest absolute Gasteiger partial charge is 0.298 e. The first-order valence-electron chi connectivity index (χ1n) is 7.28. The van der Waals surface area contributed by atoms with Crippen LogP contribution in [0.15, 0.2) is 33.8 Å². The zero-order valence-electron chi connectivity index (χ0n) is 12.2. The van der Waals surface area contributed by atoms with Crippen molar-refractivity contribution in [1.82, 2.24) is 20.4 Å². The molecule has 2 aromatic rings. The molecule has 8 heteroatoms. The average Bonchev–Trinajstić information content (AvgIpc) is 3.37. The highest BCUT2D eigenvalue weighted by Crippen LogP contribution is 2.28. The van der Waals surface area contributed by atoms with Gasteiger partial charge in [0.15, 0.2) is 0 Å². The van der Waals surface area contributed by atoms with Gasteiger partial charge in [-0.25, -0.2) is 4.98 Å². The maximum Gasteiger partial charge on any atom is 0.261 e. The molecule has 1 aromatic carbocycles. The molecule has 1 fully saturated rings. The summed E-state index contributed by atoms with van der Waals surface area (Å²) in [7, 11) is 0. The van der Waals surface area contributed by atoms with E-state index < -0.39 is 0 Å². The summed E-state index contributed by atoms with van der Waals surface area (Å²) in [4.78, 5) is 39.7. The van der Waals surface area contributed by atoms with Crippen LogP contribution in [0.25, 0.3) is 10.9 Å². The van der Waals surface area contributed by atoms with Crippen LogP contribution in [0.3, 0.4) is 0 Å². The Morgan fingerprint density at radius 2 is 2.09 bits per heavy atom. The molecule has 1 aromatic heterocycles. The smallest absolute Gasteiger partial charge is 0.261 e. The Bertz CT molecular complexity index is 829. The Labute approximate surface area is 140 Å². The van der Waals surface area contributed by atoms with Crippen molar-refractivity contribution in [2.75, 3.05) is 0 Å². The molecule has 1 aliphatic rings. The molecule has 0 aliphatic heterocycles. The molecule has 2 N–H and O–H groups in total. The predicted molar refractivity (Wildman–Crippen MR) is 87.3 cm³/mol. The third kappa shape index (κ3) is 3.76. The number of aryl methyl sites for hydroxylation is 1. The summed E-state index contributed by atoms with van der Waals surface area (Å²) in [6, 6.07) is 5.28. The molecule has 7 nitrogen and oxygen atoms in total. The molecular weight excluding hydrogens is 364 g/mol. The van der Waals surface area contributed by atoms with Gasteiger partial charge in [-0.15, -0.1) is 0 Å². The van der Waals surface area contributed by atoms with Gasteiger partial charge in [-0.2, -0.15) is 0 Å². The number of nitrogens with zero attached hydrogens (tertiary/aromatic N) is 2. The Hall–Kier alpha value is -2.22. The first kappa shape index (κ1) is 15.7. The van der Waals surface area contributed by atoms with E-state index in [1.807, 2.05) is 6.07 Å². The minimum Gasteiger partial charge on any atom is -0.298 e. The number of carbonyl (C=O) groups is 2. The second-order valence-electron chi connectivity index (χ2n) is 5.47. The van der Waals surface area contributed by atoms with Gasteiger partial charge < -0.3 is 0 Å². The predicted octanol–water partition coefficient (Wildman–Crippen LogP) is 1.11. The number of amides is 2.